The highest BCUT2D eigenvalue weighted by Gasteiger charge is 2.37. The van der Waals surface area contributed by atoms with E-state index in [9.17, 15) is 10.1 Å². The number of allylic oxidation sites excluding steroid dienone is 2. The first-order valence-electron chi connectivity index (χ1n) is 12.9. The summed E-state index contributed by atoms with van der Waals surface area (Å²) < 4.78 is 6.96. The summed E-state index contributed by atoms with van der Waals surface area (Å²) in [7, 11) is 0. The molecule has 7 heteroatoms. The third-order valence-corrected chi connectivity index (χ3v) is 7.88. The monoisotopic (exact) mass is 579 g/mol. The number of nitrogens with zero attached hydrogens (tertiary/aromatic N) is 2. The second kappa shape index (κ2) is 10.9. The van der Waals surface area contributed by atoms with Crippen LogP contribution in [0.2, 0.25) is 0 Å². The Morgan fingerprint density at radius 2 is 1.82 bits per heavy atom. The Bertz CT molecular complexity index is 1560. The Morgan fingerprint density at radius 1 is 1.03 bits per heavy atom. The van der Waals surface area contributed by atoms with Crippen molar-refractivity contribution in [1.29, 1.82) is 0 Å². The summed E-state index contributed by atoms with van der Waals surface area (Å²) in [5.74, 6) is 1.64. The summed E-state index contributed by atoms with van der Waals surface area (Å²) in [5, 5.41) is 14.7. The van der Waals surface area contributed by atoms with Gasteiger partial charge in [-0.3, -0.25) is 15.1 Å². The molecule has 0 unspecified atom stereocenters. The normalized spacial score (nSPS) is 19.4. The Labute approximate surface area is 235 Å². The quantitative estimate of drug-likeness (QED) is 0.103. The number of fused-ring (bicyclic) bond motifs is 3. The molecule has 0 amide bonds. The van der Waals surface area contributed by atoms with Crippen LogP contribution < -0.4 is 10.1 Å². The smallest absolute Gasteiger partial charge is 0.269 e. The minimum atomic E-state index is -0.409. The zero-order valence-electron chi connectivity index (χ0n) is 21.0. The topological polar surface area (TPSA) is 76.8 Å². The van der Waals surface area contributed by atoms with Crippen LogP contribution in [-0.4, -0.2) is 11.1 Å². The number of ether oxygens (including phenoxy) is 1. The predicted molar refractivity (Wildman–Crippen MR) is 158 cm³/mol. The molecule has 3 atom stereocenters. The van der Waals surface area contributed by atoms with Crippen molar-refractivity contribution in [3.63, 3.8) is 0 Å². The van der Waals surface area contributed by atoms with Crippen LogP contribution in [0, 0.1) is 16.0 Å². The molecule has 6 rings (SSSR count). The number of para-hydroxylation sites is 1. The second-order valence-electron chi connectivity index (χ2n) is 9.81. The van der Waals surface area contributed by atoms with Gasteiger partial charge in [-0.2, -0.15) is 0 Å². The molecule has 194 valence electrons. The predicted octanol–water partition coefficient (Wildman–Crippen LogP) is 8.51. The maximum absolute atomic E-state index is 10.9. The van der Waals surface area contributed by atoms with E-state index < -0.39 is 4.92 Å². The van der Waals surface area contributed by atoms with Crippen LogP contribution in [0.5, 0.6) is 5.75 Å². The highest BCUT2D eigenvalue weighted by Crippen LogP contribution is 2.49. The van der Waals surface area contributed by atoms with E-state index in [1.54, 1.807) is 18.3 Å². The van der Waals surface area contributed by atoms with E-state index in [0.29, 0.717) is 24.2 Å². The lowest BCUT2D eigenvalue weighted by Gasteiger charge is -2.37. The molecule has 2 aliphatic rings. The molecule has 4 aromatic rings. The highest BCUT2D eigenvalue weighted by molar-refractivity contribution is 9.10. The summed E-state index contributed by atoms with van der Waals surface area (Å²) in [5.41, 5.74) is 6.46. The lowest BCUT2D eigenvalue weighted by molar-refractivity contribution is -0.384. The summed E-state index contributed by atoms with van der Waals surface area (Å²) in [6.07, 6.45) is 7.54. The van der Waals surface area contributed by atoms with Crippen LogP contribution in [0.1, 0.15) is 40.6 Å². The number of non-ortho nitro benzene ring substituents is 1. The molecule has 0 saturated heterocycles. The van der Waals surface area contributed by atoms with Crippen molar-refractivity contribution in [1.82, 2.24) is 0 Å². The molecular weight excluding hydrogens is 554 g/mol. The Hall–Kier alpha value is -4.23. The molecular formula is C32H26BrN3O3. The van der Waals surface area contributed by atoms with E-state index in [1.807, 2.05) is 18.2 Å². The van der Waals surface area contributed by atoms with Gasteiger partial charge >= 0.3 is 0 Å². The van der Waals surface area contributed by atoms with Gasteiger partial charge in [0.1, 0.15) is 12.4 Å². The minimum Gasteiger partial charge on any atom is -0.488 e. The van der Waals surface area contributed by atoms with Crippen molar-refractivity contribution in [2.75, 3.05) is 5.32 Å². The molecule has 0 aromatic heterocycles. The van der Waals surface area contributed by atoms with Crippen LogP contribution in [0.4, 0.5) is 17.1 Å². The van der Waals surface area contributed by atoms with Crippen molar-refractivity contribution >= 4 is 39.2 Å². The molecule has 1 aliphatic heterocycles. The van der Waals surface area contributed by atoms with Gasteiger partial charge in [0.05, 0.1) is 16.7 Å². The molecule has 1 heterocycles. The number of halogens is 1. The SMILES string of the molecule is O=[N+]([O-])c1ccc(COc2ccc(Br)cc2C=Nc2ccc([C@@H]3Nc4ccccc4[C@@H]4C=CC[C@H]43)cc2)cc1. The molecule has 6 nitrogen and oxygen atoms in total. The molecule has 0 saturated carbocycles. The third kappa shape index (κ3) is 5.36. The number of benzene rings is 4. The van der Waals surface area contributed by atoms with Gasteiger partial charge in [0, 0.05) is 40.0 Å². The van der Waals surface area contributed by atoms with Gasteiger partial charge in [0.15, 0.2) is 0 Å². The summed E-state index contributed by atoms with van der Waals surface area (Å²) in [4.78, 5) is 15.2. The maximum Gasteiger partial charge on any atom is 0.269 e. The van der Waals surface area contributed by atoms with Crippen molar-refractivity contribution in [3.8, 4) is 5.75 Å². The van der Waals surface area contributed by atoms with Gasteiger partial charge < -0.3 is 10.1 Å². The number of nitrogens with one attached hydrogen (secondary N) is 1. The zero-order valence-corrected chi connectivity index (χ0v) is 22.6. The lowest BCUT2D eigenvalue weighted by Crippen LogP contribution is -2.28. The second-order valence-corrected chi connectivity index (χ2v) is 10.7. The van der Waals surface area contributed by atoms with Gasteiger partial charge in [-0.15, -0.1) is 0 Å². The first kappa shape index (κ1) is 25.1. The van der Waals surface area contributed by atoms with E-state index in [-0.39, 0.29) is 11.7 Å². The summed E-state index contributed by atoms with van der Waals surface area (Å²) in [6.45, 7) is 0.295. The van der Waals surface area contributed by atoms with Gasteiger partial charge in [0.25, 0.3) is 5.69 Å². The molecule has 1 N–H and O–H groups in total. The first-order chi connectivity index (χ1) is 19.0. The average Bonchev–Trinajstić information content (AvgIpc) is 3.46. The molecule has 0 bridgehead atoms. The number of anilines is 1. The van der Waals surface area contributed by atoms with E-state index in [1.165, 1.54) is 28.9 Å². The van der Waals surface area contributed by atoms with Gasteiger partial charge in [-0.1, -0.05) is 58.4 Å². The fraction of sp³-hybridized carbons (Fsp3) is 0.156. The number of rotatable bonds is 7. The Kier molecular flexibility index (Phi) is 6.99. The maximum atomic E-state index is 10.9. The number of hydrogen-bond donors (Lipinski definition) is 1. The van der Waals surface area contributed by atoms with Crippen molar-refractivity contribution in [2.24, 2.45) is 10.9 Å². The largest absolute Gasteiger partial charge is 0.488 e. The zero-order chi connectivity index (χ0) is 26.8. The molecule has 0 spiro atoms. The average molecular weight is 580 g/mol. The molecule has 39 heavy (non-hydrogen) atoms. The Morgan fingerprint density at radius 3 is 2.62 bits per heavy atom. The number of nitro benzene ring substituents is 1. The van der Waals surface area contributed by atoms with Crippen molar-refractivity contribution in [2.45, 2.75) is 25.0 Å². The summed E-state index contributed by atoms with van der Waals surface area (Å²) in [6, 6.07) is 29.4. The van der Waals surface area contributed by atoms with E-state index in [2.05, 4.69) is 81.9 Å². The third-order valence-electron chi connectivity index (χ3n) is 7.39. The van der Waals surface area contributed by atoms with Crippen LogP contribution >= 0.6 is 15.9 Å². The van der Waals surface area contributed by atoms with Gasteiger partial charge in [-0.25, -0.2) is 0 Å². The molecule has 1 aliphatic carbocycles. The van der Waals surface area contributed by atoms with Crippen LogP contribution in [-0.2, 0) is 6.61 Å². The first-order valence-corrected chi connectivity index (χ1v) is 13.7. The van der Waals surface area contributed by atoms with Crippen molar-refractivity contribution in [3.05, 3.63) is 140 Å². The van der Waals surface area contributed by atoms with E-state index >= 15 is 0 Å². The lowest BCUT2D eigenvalue weighted by atomic mass is 9.77. The molecule has 4 aromatic carbocycles. The van der Waals surface area contributed by atoms with E-state index in [4.69, 9.17) is 9.73 Å². The van der Waals surface area contributed by atoms with Gasteiger partial charge in [-0.05, 0) is 77.6 Å². The fourth-order valence-corrected chi connectivity index (χ4v) is 5.79. The molecule has 0 radical (unpaired) electrons. The standard InChI is InChI=1S/C32H26BrN3O3/c33-24-12-17-31(39-20-21-8-15-26(16-9-21)36(37)38)23(18-24)19-34-25-13-10-22(11-14-25)32-29-6-3-5-27(29)28-4-1-2-7-30(28)35-32/h1-5,7-19,27,29,32,35H,6,20H2/t27-,29+,32-/m0/s1. The van der Waals surface area contributed by atoms with Crippen LogP contribution in [0.15, 0.2) is 113 Å². The van der Waals surface area contributed by atoms with Crippen LogP contribution in [0.3, 0.4) is 0 Å². The van der Waals surface area contributed by atoms with Crippen molar-refractivity contribution < 1.29 is 9.66 Å². The number of aliphatic imine (C=N–C) groups is 1. The minimum absolute atomic E-state index is 0.0602. The molecule has 0 fully saturated rings. The number of nitro groups is 1. The Balaban J connectivity index is 1.17. The van der Waals surface area contributed by atoms with Crippen LogP contribution in [0.25, 0.3) is 0 Å². The van der Waals surface area contributed by atoms with E-state index in [0.717, 1.165) is 27.7 Å². The van der Waals surface area contributed by atoms with Gasteiger partial charge in [0.2, 0.25) is 0 Å². The highest BCUT2D eigenvalue weighted by atomic mass is 79.9. The fourth-order valence-electron chi connectivity index (χ4n) is 5.41. The number of hydrogen-bond acceptors (Lipinski definition) is 5. The summed E-state index contributed by atoms with van der Waals surface area (Å²) >= 11 is 3.53.